The monoisotopic (exact) mass is 773 g/mol. The fourth-order valence-corrected chi connectivity index (χ4v) is 8.57. The zero-order valence-corrected chi connectivity index (χ0v) is 32.0. The van der Waals surface area contributed by atoms with Gasteiger partial charge in [0.15, 0.2) is 5.82 Å². The van der Waals surface area contributed by atoms with E-state index < -0.39 is 5.97 Å². The molecule has 284 valence electrons. The molecule has 54 heavy (non-hydrogen) atoms. The molecule has 4 aromatic rings. The fourth-order valence-electron chi connectivity index (χ4n) is 7.97. The van der Waals surface area contributed by atoms with Gasteiger partial charge < -0.3 is 30.4 Å². The number of methoxy groups -OCH3 is 1. The Kier molecular flexibility index (Phi) is 11.5. The molecule has 1 saturated carbocycles. The number of hydrogen-bond acceptors (Lipinski definition) is 8. The number of carbonyl (C=O) groups is 3. The van der Waals surface area contributed by atoms with Gasteiger partial charge in [0.1, 0.15) is 5.75 Å². The van der Waals surface area contributed by atoms with Crippen LogP contribution in [0.4, 0.5) is 5.69 Å². The molecule has 2 fully saturated rings. The maximum absolute atomic E-state index is 13.7. The summed E-state index contributed by atoms with van der Waals surface area (Å²) in [5.74, 6) is 0.307. The number of ether oxygens (including phenoxy) is 1. The van der Waals surface area contributed by atoms with Gasteiger partial charge in [-0.2, -0.15) is 0 Å². The fraction of sp³-hybridized carbons (Fsp3) is 0.425. The predicted molar refractivity (Wildman–Crippen MR) is 208 cm³/mol. The molecule has 1 aliphatic carbocycles. The highest BCUT2D eigenvalue weighted by molar-refractivity contribution is 6.39. The summed E-state index contributed by atoms with van der Waals surface area (Å²) in [5, 5.41) is 19.5. The molecule has 12 nitrogen and oxygen atoms in total. The number of nitrogens with one attached hydrogen (secondary N) is 3. The number of aromatic nitrogens is 3. The molecular weight excluding hydrogens is 729 g/mol. The molecule has 3 aliphatic rings. The van der Waals surface area contributed by atoms with E-state index in [4.69, 9.17) is 32.9 Å². The molecule has 14 heteroatoms. The van der Waals surface area contributed by atoms with Crippen molar-refractivity contribution < 1.29 is 24.2 Å². The van der Waals surface area contributed by atoms with Gasteiger partial charge in [0.05, 0.1) is 45.8 Å². The Balaban J connectivity index is 1.03. The van der Waals surface area contributed by atoms with E-state index in [1.54, 1.807) is 25.4 Å². The normalized spacial score (nSPS) is 20.0. The summed E-state index contributed by atoms with van der Waals surface area (Å²) < 4.78 is 7.59. The van der Waals surface area contributed by atoms with Gasteiger partial charge in [0.25, 0.3) is 5.91 Å². The van der Waals surface area contributed by atoms with Crippen molar-refractivity contribution in [3.63, 3.8) is 0 Å². The maximum Gasteiger partial charge on any atom is 0.306 e. The van der Waals surface area contributed by atoms with Crippen molar-refractivity contribution in [3.05, 3.63) is 81.5 Å². The third-order valence-corrected chi connectivity index (χ3v) is 11.8. The van der Waals surface area contributed by atoms with Crippen molar-refractivity contribution in [1.82, 2.24) is 30.1 Å². The second-order valence-electron chi connectivity index (χ2n) is 14.5. The van der Waals surface area contributed by atoms with E-state index in [0.29, 0.717) is 76.1 Å². The summed E-state index contributed by atoms with van der Waals surface area (Å²) in [5.41, 5.74) is 5.97. The van der Waals surface area contributed by atoms with Crippen molar-refractivity contribution in [3.8, 4) is 28.1 Å². The Bertz CT molecular complexity index is 2060. The van der Waals surface area contributed by atoms with Crippen molar-refractivity contribution in [2.75, 3.05) is 32.1 Å². The van der Waals surface area contributed by atoms with Crippen molar-refractivity contribution in [1.29, 1.82) is 0 Å². The SMILES string of the molecule is COc1cc(-c2nccc(-c3cccc(NC(=O)c4nc5c(n4C)CN(C[C@H]4CC[C@@H](C(=O)O)CC4)CC5)c3Cl)c2Cl)ccc1CNC[C@H]1CCC(=O)N1. The summed E-state index contributed by atoms with van der Waals surface area (Å²) in [4.78, 5) is 48.3. The van der Waals surface area contributed by atoms with Crippen LogP contribution in [0.25, 0.3) is 22.4 Å². The first-order valence-electron chi connectivity index (χ1n) is 18.5. The average Bonchev–Trinajstić information content (AvgIpc) is 3.74. The average molecular weight is 775 g/mol. The Morgan fingerprint density at radius 1 is 1.04 bits per heavy atom. The number of nitrogens with zero attached hydrogens (tertiary/aromatic N) is 4. The van der Waals surface area contributed by atoms with Gasteiger partial charge in [0.2, 0.25) is 5.91 Å². The molecule has 1 saturated heterocycles. The quantitative estimate of drug-likeness (QED) is 0.129. The number of benzene rings is 2. The van der Waals surface area contributed by atoms with Gasteiger partial charge >= 0.3 is 5.97 Å². The highest BCUT2D eigenvalue weighted by atomic mass is 35.5. The van der Waals surface area contributed by atoms with Gasteiger partial charge in [-0.25, -0.2) is 4.98 Å². The van der Waals surface area contributed by atoms with E-state index in [0.717, 1.165) is 74.1 Å². The van der Waals surface area contributed by atoms with Gasteiger partial charge in [-0.3, -0.25) is 24.3 Å². The Morgan fingerprint density at radius 3 is 2.57 bits per heavy atom. The van der Waals surface area contributed by atoms with Crippen LogP contribution in [-0.4, -0.2) is 75.1 Å². The first kappa shape index (κ1) is 37.8. The van der Waals surface area contributed by atoms with Gasteiger partial charge in [-0.1, -0.05) is 47.5 Å². The van der Waals surface area contributed by atoms with Gasteiger partial charge in [0, 0.05) is 87.1 Å². The smallest absolute Gasteiger partial charge is 0.306 e. The number of amides is 2. The van der Waals surface area contributed by atoms with Crippen LogP contribution in [0.5, 0.6) is 5.75 Å². The molecule has 0 spiro atoms. The summed E-state index contributed by atoms with van der Waals surface area (Å²) in [6, 6.07) is 13.2. The molecule has 1 atom stereocenters. The van der Waals surface area contributed by atoms with E-state index in [9.17, 15) is 19.5 Å². The molecule has 7 rings (SSSR count). The van der Waals surface area contributed by atoms with Gasteiger partial charge in [-0.15, -0.1) is 0 Å². The van der Waals surface area contributed by atoms with Crippen molar-refractivity contribution >= 4 is 46.7 Å². The number of hydrogen-bond donors (Lipinski definition) is 4. The van der Waals surface area contributed by atoms with Crippen LogP contribution < -0.4 is 20.7 Å². The number of carboxylic acids is 1. The molecular formula is C40H45Cl2N7O5. The van der Waals surface area contributed by atoms with Gasteiger partial charge in [-0.05, 0) is 56.2 Å². The van der Waals surface area contributed by atoms with Crippen LogP contribution in [0, 0.1) is 11.8 Å². The number of halogens is 2. The summed E-state index contributed by atoms with van der Waals surface area (Å²) in [6.45, 7) is 3.71. The van der Waals surface area contributed by atoms with E-state index in [2.05, 4.69) is 25.8 Å². The van der Waals surface area contributed by atoms with Crippen LogP contribution in [0.15, 0.2) is 48.7 Å². The van der Waals surface area contributed by atoms with Crippen LogP contribution in [0.1, 0.15) is 66.1 Å². The zero-order chi connectivity index (χ0) is 37.9. The molecule has 0 bridgehead atoms. The molecule has 2 aromatic carbocycles. The minimum absolute atomic E-state index is 0.0929. The van der Waals surface area contributed by atoms with Crippen LogP contribution in [-0.2, 0) is 36.1 Å². The highest BCUT2D eigenvalue weighted by Gasteiger charge is 2.30. The van der Waals surface area contributed by atoms with E-state index in [1.165, 1.54) is 0 Å². The summed E-state index contributed by atoms with van der Waals surface area (Å²) in [7, 11) is 3.49. The summed E-state index contributed by atoms with van der Waals surface area (Å²) in [6.07, 6.45) is 7.14. The number of carbonyl (C=O) groups excluding carboxylic acids is 2. The molecule has 4 N–H and O–H groups in total. The number of aliphatic carboxylic acids is 1. The lowest BCUT2D eigenvalue weighted by atomic mass is 9.81. The molecule has 0 radical (unpaired) electrons. The third-order valence-electron chi connectivity index (χ3n) is 11.0. The lowest BCUT2D eigenvalue weighted by Crippen LogP contribution is -2.37. The molecule has 2 amide bonds. The van der Waals surface area contributed by atoms with Crippen LogP contribution in [0.2, 0.25) is 10.0 Å². The molecule has 4 heterocycles. The van der Waals surface area contributed by atoms with Crippen LogP contribution >= 0.6 is 23.2 Å². The zero-order valence-electron chi connectivity index (χ0n) is 30.5. The van der Waals surface area contributed by atoms with Crippen LogP contribution in [0.3, 0.4) is 0 Å². The van der Waals surface area contributed by atoms with E-state index in [-0.39, 0.29) is 23.8 Å². The standard InChI is InChI=1S/C40H45Cl2N7O5/c1-48-32-22-49(21-23-6-8-24(9-7-23)40(52)53)17-15-30(32)46-38(48)39(51)47-31-5-3-4-28(35(31)41)29-14-16-44-37(36(29)42)25-10-11-26(33(18-25)54-2)19-43-20-27-12-13-34(50)45-27/h3-5,10-11,14,16,18,23-24,27,43H,6-9,12-13,15,17,19-22H2,1-2H3,(H,45,50)(H,47,51)(H,52,53)/t23-,24+,27-/m1/s1. The highest BCUT2D eigenvalue weighted by Crippen LogP contribution is 2.41. The first-order chi connectivity index (χ1) is 26.1. The summed E-state index contributed by atoms with van der Waals surface area (Å²) >= 11 is 14.0. The minimum Gasteiger partial charge on any atom is -0.496 e. The number of rotatable bonds is 12. The Hall–Kier alpha value is -4.49. The third kappa shape index (κ3) is 8.12. The number of anilines is 1. The topological polar surface area (TPSA) is 151 Å². The first-order valence-corrected chi connectivity index (χ1v) is 19.3. The molecule has 2 aromatic heterocycles. The molecule has 2 aliphatic heterocycles. The predicted octanol–water partition coefficient (Wildman–Crippen LogP) is 6.33. The molecule has 0 unspecified atom stereocenters. The second-order valence-corrected chi connectivity index (χ2v) is 15.3. The lowest BCUT2D eigenvalue weighted by Gasteiger charge is -2.33. The van der Waals surface area contributed by atoms with E-state index >= 15 is 0 Å². The Morgan fingerprint density at radius 2 is 1.83 bits per heavy atom. The number of fused-ring (bicyclic) bond motifs is 1. The number of imidazole rings is 1. The minimum atomic E-state index is -0.683. The van der Waals surface area contributed by atoms with Crippen molar-refractivity contribution in [2.45, 2.75) is 64.1 Å². The number of carboxylic acid groups (broad SMARTS) is 1. The lowest BCUT2D eigenvalue weighted by molar-refractivity contribution is -0.143. The number of pyridine rings is 1. The van der Waals surface area contributed by atoms with Crippen molar-refractivity contribution in [2.24, 2.45) is 18.9 Å². The Labute approximate surface area is 324 Å². The maximum atomic E-state index is 13.7. The largest absolute Gasteiger partial charge is 0.496 e. The van der Waals surface area contributed by atoms with E-state index in [1.807, 2.05) is 41.9 Å². The second kappa shape index (κ2) is 16.5.